The Morgan fingerprint density at radius 1 is 1.29 bits per heavy atom. The van der Waals surface area contributed by atoms with Crippen molar-refractivity contribution in [3.63, 3.8) is 0 Å². The fraction of sp³-hybridized carbons (Fsp3) is 0.0588. The Labute approximate surface area is 150 Å². The van der Waals surface area contributed by atoms with Gasteiger partial charge in [-0.3, -0.25) is 10.1 Å². The Bertz CT molecular complexity index is 1030. The van der Waals surface area contributed by atoms with E-state index in [1.165, 1.54) is 11.3 Å². The molecule has 1 aromatic carbocycles. The molecule has 0 aliphatic carbocycles. The average molecular weight is 402 g/mol. The topological polar surface area (TPSA) is 60.1 Å². The molecule has 5 nitrogen and oxygen atoms in total. The highest BCUT2D eigenvalue weighted by Crippen LogP contribution is 2.27. The van der Waals surface area contributed by atoms with Crippen molar-refractivity contribution in [1.82, 2.24) is 9.55 Å². The molecule has 3 heterocycles. The van der Waals surface area contributed by atoms with Gasteiger partial charge in [0.1, 0.15) is 5.69 Å². The van der Waals surface area contributed by atoms with Crippen LogP contribution in [0.2, 0.25) is 0 Å². The third kappa shape index (κ3) is 2.65. The standard InChI is InChI=1S/C17H12BrN3O2S/c1-21-13-6-7-23-15(13)8-14(21)16(22)20-17-19-12(9-24-17)10-2-4-11(18)5-3-10/h2-9H,1H3,(H,19,20,22). The molecule has 4 aromatic rings. The molecule has 0 spiro atoms. The van der Waals surface area contributed by atoms with Gasteiger partial charge in [0.05, 0.1) is 17.5 Å². The third-order valence-corrected chi connectivity index (χ3v) is 5.05. The van der Waals surface area contributed by atoms with Crippen molar-refractivity contribution in [3.8, 4) is 11.3 Å². The molecule has 4 rings (SSSR count). The lowest BCUT2D eigenvalue weighted by Crippen LogP contribution is -2.15. The van der Waals surface area contributed by atoms with Crippen LogP contribution in [0.15, 0.2) is 56.9 Å². The average Bonchev–Trinajstić information content (AvgIpc) is 3.26. The quantitative estimate of drug-likeness (QED) is 0.530. The summed E-state index contributed by atoms with van der Waals surface area (Å²) in [7, 11) is 1.84. The summed E-state index contributed by atoms with van der Waals surface area (Å²) in [5, 5.41) is 5.34. The van der Waals surface area contributed by atoms with E-state index in [4.69, 9.17) is 4.42 Å². The minimum Gasteiger partial charge on any atom is -0.463 e. The van der Waals surface area contributed by atoms with Crippen molar-refractivity contribution in [2.24, 2.45) is 7.05 Å². The fourth-order valence-corrected chi connectivity index (χ4v) is 3.49. The van der Waals surface area contributed by atoms with E-state index >= 15 is 0 Å². The maximum atomic E-state index is 12.5. The summed E-state index contributed by atoms with van der Waals surface area (Å²) in [5.41, 5.74) is 3.95. The third-order valence-electron chi connectivity index (χ3n) is 3.76. The molecule has 24 heavy (non-hydrogen) atoms. The number of hydrogen-bond donors (Lipinski definition) is 1. The summed E-state index contributed by atoms with van der Waals surface area (Å²) in [6, 6.07) is 11.5. The second-order valence-corrected chi connectivity index (χ2v) is 7.03. The lowest BCUT2D eigenvalue weighted by Gasteiger charge is -2.03. The zero-order valence-electron chi connectivity index (χ0n) is 12.6. The number of hydrogen-bond acceptors (Lipinski definition) is 4. The minimum absolute atomic E-state index is 0.208. The maximum absolute atomic E-state index is 12.5. The van der Waals surface area contributed by atoms with Gasteiger partial charge < -0.3 is 8.98 Å². The predicted octanol–water partition coefficient (Wildman–Crippen LogP) is 4.91. The van der Waals surface area contributed by atoms with E-state index in [2.05, 4.69) is 26.2 Å². The molecule has 0 unspecified atom stereocenters. The number of thiazole rings is 1. The van der Waals surface area contributed by atoms with E-state index in [1.54, 1.807) is 16.9 Å². The number of halogens is 1. The van der Waals surface area contributed by atoms with Crippen molar-refractivity contribution in [2.75, 3.05) is 5.32 Å². The summed E-state index contributed by atoms with van der Waals surface area (Å²) in [6.45, 7) is 0. The van der Waals surface area contributed by atoms with E-state index in [0.717, 1.165) is 21.2 Å². The van der Waals surface area contributed by atoms with Crippen LogP contribution >= 0.6 is 27.3 Å². The molecule has 120 valence electrons. The molecule has 0 atom stereocenters. The summed E-state index contributed by atoms with van der Waals surface area (Å²) < 4.78 is 8.15. The molecule has 0 saturated heterocycles. The SMILES string of the molecule is Cn1c(C(=O)Nc2nc(-c3ccc(Br)cc3)cs2)cc2occc21. The van der Waals surface area contributed by atoms with Crippen LogP contribution in [0.5, 0.6) is 0 Å². The van der Waals surface area contributed by atoms with Crippen molar-refractivity contribution >= 4 is 49.4 Å². The second kappa shape index (κ2) is 5.92. The first kappa shape index (κ1) is 15.2. The van der Waals surface area contributed by atoms with Crippen LogP contribution in [0.25, 0.3) is 22.4 Å². The lowest BCUT2D eigenvalue weighted by atomic mass is 10.2. The highest BCUT2D eigenvalue weighted by molar-refractivity contribution is 9.10. The zero-order chi connectivity index (χ0) is 16.7. The summed E-state index contributed by atoms with van der Waals surface area (Å²) in [4.78, 5) is 17.0. The Kier molecular flexibility index (Phi) is 3.74. The van der Waals surface area contributed by atoms with Crippen molar-refractivity contribution in [3.05, 3.63) is 58.2 Å². The van der Waals surface area contributed by atoms with Gasteiger partial charge in [0.25, 0.3) is 5.91 Å². The number of fused-ring (bicyclic) bond motifs is 1. The monoisotopic (exact) mass is 401 g/mol. The van der Waals surface area contributed by atoms with Gasteiger partial charge >= 0.3 is 0 Å². The highest BCUT2D eigenvalue weighted by Gasteiger charge is 2.16. The number of benzene rings is 1. The molecule has 3 aromatic heterocycles. The number of aryl methyl sites for hydroxylation is 1. The Morgan fingerprint density at radius 3 is 2.83 bits per heavy atom. The first-order chi connectivity index (χ1) is 11.6. The van der Waals surface area contributed by atoms with E-state index in [1.807, 2.05) is 42.8 Å². The van der Waals surface area contributed by atoms with Gasteiger partial charge in [0.2, 0.25) is 0 Å². The summed E-state index contributed by atoms with van der Waals surface area (Å²) in [5.74, 6) is -0.208. The van der Waals surface area contributed by atoms with Gasteiger partial charge in [-0.1, -0.05) is 28.1 Å². The van der Waals surface area contributed by atoms with Crippen molar-refractivity contribution in [1.29, 1.82) is 0 Å². The lowest BCUT2D eigenvalue weighted by molar-refractivity contribution is 0.101. The highest BCUT2D eigenvalue weighted by atomic mass is 79.9. The number of carbonyl (C=O) groups excluding carboxylic acids is 1. The van der Waals surface area contributed by atoms with Crippen molar-refractivity contribution in [2.45, 2.75) is 0 Å². The molecule has 0 radical (unpaired) electrons. The van der Waals surface area contributed by atoms with Crippen molar-refractivity contribution < 1.29 is 9.21 Å². The zero-order valence-corrected chi connectivity index (χ0v) is 15.0. The molecule has 1 amide bonds. The molecule has 0 aliphatic heterocycles. The number of amides is 1. The van der Waals surface area contributed by atoms with Crippen LogP contribution in [-0.4, -0.2) is 15.5 Å². The van der Waals surface area contributed by atoms with E-state index in [0.29, 0.717) is 16.4 Å². The van der Waals surface area contributed by atoms with Gasteiger partial charge in [-0.15, -0.1) is 11.3 Å². The minimum atomic E-state index is -0.208. The number of anilines is 1. The Balaban J connectivity index is 1.57. The van der Waals surface area contributed by atoms with Crippen LogP contribution < -0.4 is 5.32 Å². The second-order valence-electron chi connectivity index (χ2n) is 5.26. The number of nitrogens with one attached hydrogen (secondary N) is 1. The van der Waals surface area contributed by atoms with Crippen LogP contribution in [-0.2, 0) is 7.05 Å². The van der Waals surface area contributed by atoms with E-state index in [-0.39, 0.29) is 5.91 Å². The first-order valence-corrected chi connectivity index (χ1v) is 8.85. The number of furan rings is 1. The smallest absolute Gasteiger partial charge is 0.274 e. The van der Waals surface area contributed by atoms with Gasteiger partial charge in [0, 0.05) is 34.6 Å². The summed E-state index contributed by atoms with van der Waals surface area (Å²) >= 11 is 4.81. The summed E-state index contributed by atoms with van der Waals surface area (Å²) in [6.07, 6.45) is 1.61. The number of rotatable bonds is 3. The molecule has 0 aliphatic rings. The van der Waals surface area contributed by atoms with Crippen LogP contribution in [0.4, 0.5) is 5.13 Å². The molecule has 0 bridgehead atoms. The van der Waals surface area contributed by atoms with Gasteiger partial charge in [-0.2, -0.15) is 0 Å². The van der Waals surface area contributed by atoms with Gasteiger partial charge in [0.15, 0.2) is 10.7 Å². The molecular formula is C17H12BrN3O2S. The van der Waals surface area contributed by atoms with Crippen LogP contribution in [0.1, 0.15) is 10.5 Å². The van der Waals surface area contributed by atoms with E-state index < -0.39 is 0 Å². The predicted molar refractivity (Wildman–Crippen MR) is 98.4 cm³/mol. The van der Waals surface area contributed by atoms with Gasteiger partial charge in [-0.25, -0.2) is 4.98 Å². The normalized spacial score (nSPS) is 11.1. The molecule has 0 saturated carbocycles. The number of aromatic nitrogens is 2. The molecule has 1 N–H and O–H groups in total. The largest absolute Gasteiger partial charge is 0.463 e. The van der Waals surface area contributed by atoms with Crippen LogP contribution in [0.3, 0.4) is 0 Å². The van der Waals surface area contributed by atoms with Gasteiger partial charge in [-0.05, 0) is 12.1 Å². The Morgan fingerprint density at radius 2 is 2.08 bits per heavy atom. The fourth-order valence-electron chi connectivity index (χ4n) is 2.51. The molecule has 0 fully saturated rings. The Hall–Kier alpha value is -2.38. The molecule has 7 heteroatoms. The van der Waals surface area contributed by atoms with E-state index in [9.17, 15) is 4.79 Å². The molecular weight excluding hydrogens is 390 g/mol. The number of nitrogens with zero attached hydrogens (tertiary/aromatic N) is 2. The first-order valence-electron chi connectivity index (χ1n) is 7.17. The number of carbonyl (C=O) groups is 1. The maximum Gasteiger partial charge on any atom is 0.274 e. The van der Waals surface area contributed by atoms with Crippen LogP contribution in [0, 0.1) is 0 Å².